The standard InChI is InChI=1S/C26H27FN4O/c1-4-5-10-28-25-17(3)11-18(14-30-25)21-8-9-24-22(21)12-19(15-29-24)26(32)31-20-7-6-16(2)23(27)13-20/h5,7-8,10-17H,4,6,9H2,1-3H3,(H,31,32)/b10-5-,28-25?. The number of halogens is 1. The first-order valence-corrected chi connectivity index (χ1v) is 11.0. The van der Waals surface area contributed by atoms with Crippen LogP contribution in [0.1, 0.15) is 55.2 Å². The van der Waals surface area contributed by atoms with E-state index in [0.717, 1.165) is 34.7 Å². The average molecular weight is 431 g/mol. The second-order valence-electron chi connectivity index (χ2n) is 8.27. The SMILES string of the molecule is CC/C=C\N=C1N=CC(C2=CCc3ncc(C(=O)NC4=CCC(C)C(F)=C4)cc32)=CC1C. The molecule has 0 aromatic carbocycles. The van der Waals surface area contributed by atoms with Gasteiger partial charge in [0.15, 0.2) is 0 Å². The van der Waals surface area contributed by atoms with Crippen LogP contribution >= 0.6 is 0 Å². The molecule has 5 nitrogen and oxygen atoms in total. The van der Waals surface area contributed by atoms with Gasteiger partial charge in [-0.2, -0.15) is 0 Å². The van der Waals surface area contributed by atoms with Crippen molar-refractivity contribution < 1.29 is 9.18 Å². The number of carbonyl (C=O) groups excluding carboxylic acids is 1. The van der Waals surface area contributed by atoms with E-state index in [2.05, 4.69) is 46.3 Å². The van der Waals surface area contributed by atoms with Crippen molar-refractivity contribution >= 4 is 23.5 Å². The molecule has 1 aromatic rings. The molecule has 164 valence electrons. The lowest BCUT2D eigenvalue weighted by atomic mass is 9.95. The Hall–Kier alpha value is -3.41. The minimum atomic E-state index is -0.298. The first-order valence-electron chi connectivity index (χ1n) is 11.0. The summed E-state index contributed by atoms with van der Waals surface area (Å²) in [5, 5.41) is 2.79. The highest BCUT2D eigenvalue weighted by molar-refractivity contribution is 6.10. The summed E-state index contributed by atoms with van der Waals surface area (Å²) in [6.07, 6.45) is 16.9. The number of nitrogens with one attached hydrogen (secondary N) is 1. The molecule has 0 fully saturated rings. The van der Waals surface area contributed by atoms with Crippen molar-refractivity contribution in [2.45, 2.75) is 40.0 Å². The van der Waals surface area contributed by atoms with Crippen LogP contribution in [0.5, 0.6) is 0 Å². The van der Waals surface area contributed by atoms with Crippen molar-refractivity contribution in [1.29, 1.82) is 0 Å². The number of pyridine rings is 1. The second-order valence-corrected chi connectivity index (χ2v) is 8.27. The van der Waals surface area contributed by atoms with Crippen molar-refractivity contribution in [2.24, 2.45) is 21.8 Å². The molecule has 0 saturated heterocycles. The Bertz CT molecular complexity index is 1150. The summed E-state index contributed by atoms with van der Waals surface area (Å²) in [6, 6.07) is 1.86. The summed E-state index contributed by atoms with van der Waals surface area (Å²) in [6.45, 7) is 5.95. The van der Waals surface area contributed by atoms with E-state index in [-0.39, 0.29) is 23.6 Å². The molecule has 1 N–H and O–H groups in total. The first-order chi connectivity index (χ1) is 15.5. The number of dihydropyridines is 1. The highest BCUT2D eigenvalue weighted by Crippen LogP contribution is 2.33. The van der Waals surface area contributed by atoms with Gasteiger partial charge in [-0.05, 0) is 36.1 Å². The van der Waals surface area contributed by atoms with Gasteiger partial charge in [0, 0.05) is 48.1 Å². The molecular formula is C26H27FN4O. The quantitative estimate of drug-likeness (QED) is 0.670. The number of allylic oxidation sites excluding steroid dienone is 7. The fraction of sp³-hybridized carbons (Fsp3) is 0.308. The number of amidine groups is 1. The van der Waals surface area contributed by atoms with E-state index in [1.54, 1.807) is 12.4 Å². The third-order valence-corrected chi connectivity index (χ3v) is 5.77. The fourth-order valence-corrected chi connectivity index (χ4v) is 3.84. The van der Waals surface area contributed by atoms with Crippen molar-refractivity contribution in [1.82, 2.24) is 10.3 Å². The number of nitrogens with zero attached hydrogens (tertiary/aromatic N) is 3. The summed E-state index contributed by atoms with van der Waals surface area (Å²) < 4.78 is 13.9. The minimum Gasteiger partial charge on any atom is -0.322 e. The van der Waals surface area contributed by atoms with Gasteiger partial charge < -0.3 is 5.32 Å². The zero-order valence-electron chi connectivity index (χ0n) is 18.6. The lowest BCUT2D eigenvalue weighted by Gasteiger charge is -2.16. The van der Waals surface area contributed by atoms with Gasteiger partial charge in [0.25, 0.3) is 5.91 Å². The molecule has 0 bridgehead atoms. The Labute approximate surface area is 188 Å². The predicted octanol–water partition coefficient (Wildman–Crippen LogP) is 5.50. The number of amides is 1. The Morgan fingerprint density at radius 2 is 2.19 bits per heavy atom. The van der Waals surface area contributed by atoms with Crippen LogP contribution < -0.4 is 5.32 Å². The summed E-state index contributed by atoms with van der Waals surface area (Å²) in [4.78, 5) is 26.3. The maximum Gasteiger partial charge on any atom is 0.257 e. The van der Waals surface area contributed by atoms with Crippen molar-refractivity contribution in [3.05, 3.63) is 82.8 Å². The van der Waals surface area contributed by atoms with Gasteiger partial charge in [0.1, 0.15) is 11.7 Å². The molecule has 4 rings (SSSR count). The smallest absolute Gasteiger partial charge is 0.257 e. The molecule has 0 radical (unpaired) electrons. The molecule has 0 saturated carbocycles. The average Bonchev–Trinajstić information content (AvgIpc) is 3.21. The van der Waals surface area contributed by atoms with Crippen LogP contribution in [0, 0.1) is 11.8 Å². The Balaban J connectivity index is 1.53. The van der Waals surface area contributed by atoms with E-state index in [1.165, 1.54) is 6.08 Å². The zero-order chi connectivity index (χ0) is 22.7. The Morgan fingerprint density at radius 3 is 2.94 bits per heavy atom. The molecular weight excluding hydrogens is 403 g/mol. The topological polar surface area (TPSA) is 66.7 Å². The number of hydrogen-bond acceptors (Lipinski definition) is 3. The molecule has 2 aliphatic carbocycles. The minimum absolute atomic E-state index is 0.0863. The van der Waals surface area contributed by atoms with Gasteiger partial charge in [-0.25, -0.2) is 14.4 Å². The number of fused-ring (bicyclic) bond motifs is 1. The van der Waals surface area contributed by atoms with E-state index in [9.17, 15) is 9.18 Å². The largest absolute Gasteiger partial charge is 0.322 e. The van der Waals surface area contributed by atoms with Crippen LogP contribution in [0.25, 0.3) is 5.57 Å². The summed E-state index contributed by atoms with van der Waals surface area (Å²) in [7, 11) is 0. The molecule has 0 spiro atoms. The van der Waals surface area contributed by atoms with Crippen LogP contribution in [-0.4, -0.2) is 22.9 Å². The molecule has 2 atom stereocenters. The van der Waals surface area contributed by atoms with Crippen LogP contribution in [-0.2, 0) is 6.42 Å². The van der Waals surface area contributed by atoms with Gasteiger partial charge in [-0.1, -0.05) is 45.1 Å². The summed E-state index contributed by atoms with van der Waals surface area (Å²) >= 11 is 0. The monoisotopic (exact) mass is 430 g/mol. The molecule has 1 aliphatic heterocycles. The number of rotatable bonds is 5. The van der Waals surface area contributed by atoms with Crippen molar-refractivity contribution in [2.75, 3.05) is 0 Å². The lowest BCUT2D eigenvalue weighted by Crippen LogP contribution is -2.24. The molecule has 2 heterocycles. The molecule has 1 amide bonds. The summed E-state index contributed by atoms with van der Waals surface area (Å²) in [5.74, 6) is 0.201. The van der Waals surface area contributed by atoms with Gasteiger partial charge in [-0.3, -0.25) is 9.78 Å². The molecule has 32 heavy (non-hydrogen) atoms. The zero-order valence-corrected chi connectivity index (χ0v) is 18.6. The third-order valence-electron chi connectivity index (χ3n) is 5.77. The second kappa shape index (κ2) is 9.39. The molecule has 3 aliphatic rings. The van der Waals surface area contributed by atoms with E-state index >= 15 is 0 Å². The number of carbonyl (C=O) groups is 1. The Kier molecular flexibility index (Phi) is 6.40. The highest BCUT2D eigenvalue weighted by atomic mass is 19.1. The number of aliphatic imine (C=N–C) groups is 2. The van der Waals surface area contributed by atoms with E-state index in [4.69, 9.17) is 0 Å². The van der Waals surface area contributed by atoms with E-state index in [0.29, 0.717) is 24.1 Å². The van der Waals surface area contributed by atoms with Gasteiger partial charge in [-0.15, -0.1) is 0 Å². The van der Waals surface area contributed by atoms with Gasteiger partial charge >= 0.3 is 0 Å². The Morgan fingerprint density at radius 1 is 1.34 bits per heavy atom. The maximum absolute atomic E-state index is 13.9. The normalized spacial score (nSPS) is 23.6. The van der Waals surface area contributed by atoms with Crippen LogP contribution in [0.4, 0.5) is 4.39 Å². The fourth-order valence-electron chi connectivity index (χ4n) is 3.84. The maximum atomic E-state index is 13.9. The van der Waals surface area contributed by atoms with Crippen molar-refractivity contribution in [3.8, 4) is 0 Å². The predicted molar refractivity (Wildman–Crippen MR) is 127 cm³/mol. The molecule has 2 unspecified atom stereocenters. The summed E-state index contributed by atoms with van der Waals surface area (Å²) in [5.41, 5.74) is 4.82. The van der Waals surface area contributed by atoms with Crippen LogP contribution in [0.3, 0.4) is 0 Å². The van der Waals surface area contributed by atoms with Gasteiger partial charge in [0.2, 0.25) is 0 Å². The van der Waals surface area contributed by atoms with Crippen LogP contribution in [0.15, 0.2) is 75.9 Å². The van der Waals surface area contributed by atoms with Crippen molar-refractivity contribution in [3.63, 3.8) is 0 Å². The van der Waals surface area contributed by atoms with Gasteiger partial charge in [0.05, 0.1) is 11.3 Å². The van der Waals surface area contributed by atoms with E-state index in [1.807, 2.05) is 31.4 Å². The molecule has 6 heteroatoms. The number of hydrogen-bond donors (Lipinski definition) is 1. The first kappa shape index (κ1) is 21.8. The van der Waals surface area contributed by atoms with E-state index < -0.39 is 0 Å². The lowest BCUT2D eigenvalue weighted by molar-refractivity contribution is 0.0966. The third kappa shape index (κ3) is 4.59. The van der Waals surface area contributed by atoms with Crippen LogP contribution in [0.2, 0.25) is 0 Å². The molecule has 1 aromatic heterocycles. The number of aromatic nitrogens is 1. The highest BCUT2D eigenvalue weighted by Gasteiger charge is 2.23.